The number of hydrogen-bond donors (Lipinski definition) is 2. The highest BCUT2D eigenvalue weighted by Gasteiger charge is 2.02. The maximum atomic E-state index is 8.68. The van der Waals surface area contributed by atoms with Gasteiger partial charge in [-0.2, -0.15) is 5.26 Å². The van der Waals surface area contributed by atoms with Crippen LogP contribution in [0, 0.1) is 17.2 Å². The molecule has 0 aliphatic carbocycles. The van der Waals surface area contributed by atoms with E-state index < -0.39 is 0 Å². The second-order valence-electron chi connectivity index (χ2n) is 3.81. The molecule has 0 fully saturated rings. The fourth-order valence-corrected chi connectivity index (χ4v) is 1.22. The maximum absolute atomic E-state index is 8.68. The lowest BCUT2D eigenvalue weighted by molar-refractivity contribution is 0.593. The first kappa shape index (κ1) is 11.4. The Morgan fingerprint density at radius 3 is 2.80 bits per heavy atom. The van der Waals surface area contributed by atoms with Gasteiger partial charge < -0.3 is 11.1 Å². The molecule has 0 saturated carbocycles. The normalized spacial score (nSPS) is 11.8. The third-order valence-electron chi connectivity index (χ3n) is 2.52. The average molecular weight is 203 g/mol. The third-order valence-corrected chi connectivity index (χ3v) is 2.52. The molecule has 1 aromatic rings. The molecule has 1 rings (SSSR count). The number of nitrogens with one attached hydrogen (secondary N) is 1. The molecule has 0 heterocycles. The van der Waals surface area contributed by atoms with Gasteiger partial charge in [0, 0.05) is 6.54 Å². The highest BCUT2D eigenvalue weighted by Crippen LogP contribution is 2.19. The van der Waals surface area contributed by atoms with Crippen molar-refractivity contribution in [3.63, 3.8) is 0 Å². The van der Waals surface area contributed by atoms with Gasteiger partial charge in [0.25, 0.3) is 0 Å². The number of nitriles is 1. The van der Waals surface area contributed by atoms with Crippen LogP contribution >= 0.6 is 0 Å². The van der Waals surface area contributed by atoms with Crippen molar-refractivity contribution in [1.82, 2.24) is 0 Å². The zero-order valence-electron chi connectivity index (χ0n) is 9.25. The smallest absolute Gasteiger partial charge is 0.0992 e. The van der Waals surface area contributed by atoms with Gasteiger partial charge in [0.2, 0.25) is 0 Å². The molecule has 0 aliphatic heterocycles. The highest BCUT2D eigenvalue weighted by molar-refractivity contribution is 5.68. The second kappa shape index (κ2) is 5.26. The standard InChI is InChI=1S/C12H17N3/c1-3-9(2)8-15-12-5-4-10(7-13)6-11(12)14/h4-6,9,15H,3,8,14H2,1-2H3. The van der Waals surface area contributed by atoms with Gasteiger partial charge in [0.05, 0.1) is 23.0 Å². The summed E-state index contributed by atoms with van der Waals surface area (Å²) in [7, 11) is 0. The van der Waals surface area contributed by atoms with E-state index >= 15 is 0 Å². The van der Waals surface area contributed by atoms with Crippen LogP contribution in [-0.2, 0) is 0 Å². The van der Waals surface area contributed by atoms with Crippen LogP contribution in [0.3, 0.4) is 0 Å². The lowest BCUT2D eigenvalue weighted by atomic mass is 10.1. The van der Waals surface area contributed by atoms with Crippen LogP contribution in [0.1, 0.15) is 25.8 Å². The van der Waals surface area contributed by atoms with E-state index in [0.717, 1.165) is 18.7 Å². The zero-order valence-corrected chi connectivity index (χ0v) is 9.25. The van der Waals surface area contributed by atoms with Crippen molar-refractivity contribution >= 4 is 11.4 Å². The summed E-state index contributed by atoms with van der Waals surface area (Å²) in [5, 5.41) is 12.0. The number of nitrogens with zero attached hydrogens (tertiary/aromatic N) is 1. The van der Waals surface area contributed by atoms with Crippen LogP contribution in [-0.4, -0.2) is 6.54 Å². The topological polar surface area (TPSA) is 61.8 Å². The zero-order chi connectivity index (χ0) is 11.3. The van der Waals surface area contributed by atoms with Gasteiger partial charge in [0.1, 0.15) is 0 Å². The van der Waals surface area contributed by atoms with E-state index in [1.807, 2.05) is 6.07 Å². The number of hydrogen-bond acceptors (Lipinski definition) is 3. The largest absolute Gasteiger partial charge is 0.397 e. The molecule has 0 radical (unpaired) electrons. The molecule has 3 nitrogen and oxygen atoms in total. The van der Waals surface area contributed by atoms with Gasteiger partial charge in [-0.3, -0.25) is 0 Å². The summed E-state index contributed by atoms with van der Waals surface area (Å²) in [6.45, 7) is 5.26. The first-order valence-electron chi connectivity index (χ1n) is 5.20. The second-order valence-corrected chi connectivity index (χ2v) is 3.81. The van der Waals surface area contributed by atoms with Crippen LogP contribution in [0.2, 0.25) is 0 Å². The molecule has 3 heteroatoms. The molecule has 0 aliphatic rings. The Balaban J connectivity index is 2.67. The molecule has 1 aromatic carbocycles. The van der Waals surface area contributed by atoms with Crippen LogP contribution in [0.25, 0.3) is 0 Å². The Hall–Kier alpha value is -1.69. The minimum atomic E-state index is 0.599. The molecule has 1 atom stereocenters. The average Bonchev–Trinajstić information content (AvgIpc) is 2.26. The summed E-state index contributed by atoms with van der Waals surface area (Å²) in [5.74, 6) is 0.625. The SMILES string of the molecule is CCC(C)CNc1ccc(C#N)cc1N. The van der Waals surface area contributed by atoms with Crippen LogP contribution in [0.4, 0.5) is 11.4 Å². The van der Waals surface area contributed by atoms with Gasteiger partial charge in [-0.15, -0.1) is 0 Å². The van der Waals surface area contributed by atoms with Gasteiger partial charge in [-0.1, -0.05) is 20.3 Å². The Labute approximate surface area is 90.9 Å². The molecule has 0 amide bonds. The lowest BCUT2D eigenvalue weighted by Crippen LogP contribution is -2.11. The van der Waals surface area contributed by atoms with Crippen LogP contribution in [0.5, 0.6) is 0 Å². The molecule has 0 bridgehead atoms. The number of rotatable bonds is 4. The van der Waals surface area contributed by atoms with Crippen LogP contribution in [0.15, 0.2) is 18.2 Å². The predicted octanol–water partition coefficient (Wildman–Crippen LogP) is 2.60. The number of anilines is 2. The minimum absolute atomic E-state index is 0.599. The lowest BCUT2D eigenvalue weighted by Gasteiger charge is -2.13. The van der Waals surface area contributed by atoms with E-state index in [-0.39, 0.29) is 0 Å². The molecule has 0 aromatic heterocycles. The van der Waals surface area contributed by atoms with E-state index in [9.17, 15) is 0 Å². The molecule has 3 N–H and O–H groups in total. The Morgan fingerprint density at radius 1 is 1.53 bits per heavy atom. The summed E-state index contributed by atoms with van der Waals surface area (Å²) in [6, 6.07) is 7.39. The van der Waals surface area contributed by atoms with Gasteiger partial charge in [-0.25, -0.2) is 0 Å². The Bertz CT molecular complexity index is 366. The fourth-order valence-electron chi connectivity index (χ4n) is 1.22. The van der Waals surface area contributed by atoms with Gasteiger partial charge in [-0.05, 0) is 24.1 Å². The van der Waals surface area contributed by atoms with Crippen molar-refractivity contribution in [3.8, 4) is 6.07 Å². The fraction of sp³-hybridized carbons (Fsp3) is 0.417. The van der Waals surface area contributed by atoms with Crippen LogP contribution < -0.4 is 11.1 Å². The van der Waals surface area contributed by atoms with E-state index in [1.165, 1.54) is 0 Å². The van der Waals surface area contributed by atoms with E-state index in [1.54, 1.807) is 12.1 Å². The number of nitrogen functional groups attached to an aromatic ring is 1. The van der Waals surface area contributed by atoms with Crippen molar-refractivity contribution in [2.45, 2.75) is 20.3 Å². The third kappa shape index (κ3) is 3.17. The minimum Gasteiger partial charge on any atom is -0.397 e. The molecule has 0 spiro atoms. The van der Waals surface area contributed by atoms with E-state index in [0.29, 0.717) is 17.2 Å². The summed E-state index contributed by atoms with van der Waals surface area (Å²) >= 11 is 0. The summed E-state index contributed by atoms with van der Waals surface area (Å²) in [4.78, 5) is 0. The van der Waals surface area contributed by atoms with Crippen molar-refractivity contribution < 1.29 is 0 Å². The highest BCUT2D eigenvalue weighted by atomic mass is 14.9. The summed E-state index contributed by atoms with van der Waals surface area (Å²) in [5.41, 5.74) is 7.96. The molecule has 0 saturated heterocycles. The molecular formula is C12H17N3. The summed E-state index contributed by atoms with van der Waals surface area (Å²) < 4.78 is 0. The Kier molecular flexibility index (Phi) is 3.99. The number of nitrogens with two attached hydrogens (primary N) is 1. The molecule has 15 heavy (non-hydrogen) atoms. The molecular weight excluding hydrogens is 186 g/mol. The number of benzene rings is 1. The van der Waals surface area contributed by atoms with Crippen molar-refractivity contribution in [2.24, 2.45) is 5.92 Å². The maximum Gasteiger partial charge on any atom is 0.0992 e. The van der Waals surface area contributed by atoms with E-state index in [2.05, 4.69) is 25.2 Å². The van der Waals surface area contributed by atoms with Crippen molar-refractivity contribution in [2.75, 3.05) is 17.6 Å². The monoisotopic (exact) mass is 203 g/mol. The quantitative estimate of drug-likeness (QED) is 0.739. The van der Waals surface area contributed by atoms with Gasteiger partial charge in [0.15, 0.2) is 0 Å². The first-order valence-corrected chi connectivity index (χ1v) is 5.20. The first-order chi connectivity index (χ1) is 7.17. The van der Waals surface area contributed by atoms with E-state index in [4.69, 9.17) is 11.0 Å². The summed E-state index contributed by atoms with van der Waals surface area (Å²) in [6.07, 6.45) is 1.14. The Morgan fingerprint density at radius 2 is 2.27 bits per heavy atom. The van der Waals surface area contributed by atoms with Crippen molar-refractivity contribution in [1.29, 1.82) is 5.26 Å². The van der Waals surface area contributed by atoms with Crippen molar-refractivity contribution in [3.05, 3.63) is 23.8 Å². The molecule has 80 valence electrons. The predicted molar refractivity (Wildman–Crippen MR) is 63.5 cm³/mol. The molecule has 1 unspecified atom stereocenters. The van der Waals surface area contributed by atoms with Gasteiger partial charge >= 0.3 is 0 Å².